The monoisotopic (exact) mass is 435 g/mol. The van der Waals surface area contributed by atoms with Crippen molar-refractivity contribution >= 4 is 23.5 Å². The van der Waals surface area contributed by atoms with Crippen LogP contribution in [0.15, 0.2) is 60.0 Å². The molecule has 162 valence electrons. The molecule has 2 heterocycles. The van der Waals surface area contributed by atoms with Crippen molar-refractivity contribution in [3.63, 3.8) is 0 Å². The van der Waals surface area contributed by atoms with E-state index in [4.69, 9.17) is 4.98 Å². The lowest BCUT2D eigenvalue weighted by molar-refractivity contribution is 0.0951. The number of hydrogen-bond acceptors (Lipinski definition) is 6. The van der Waals surface area contributed by atoms with Crippen molar-refractivity contribution in [3.05, 3.63) is 77.2 Å². The van der Waals surface area contributed by atoms with Crippen LogP contribution >= 0.6 is 11.8 Å². The van der Waals surface area contributed by atoms with Crippen molar-refractivity contribution < 1.29 is 4.79 Å². The lowest BCUT2D eigenvalue weighted by Gasteiger charge is -2.20. The van der Waals surface area contributed by atoms with E-state index in [0.29, 0.717) is 12.1 Å². The first-order valence-electron chi connectivity index (χ1n) is 10.6. The fourth-order valence-corrected chi connectivity index (χ4v) is 3.93. The zero-order chi connectivity index (χ0) is 22.1. The first-order valence-corrected chi connectivity index (χ1v) is 11.6. The number of hydrogen-bond donors (Lipinski definition) is 1. The molecule has 1 amide bonds. The van der Waals surface area contributed by atoms with Crippen LogP contribution < -0.4 is 10.2 Å². The third kappa shape index (κ3) is 6.52. The third-order valence-electron chi connectivity index (χ3n) is 4.95. The van der Waals surface area contributed by atoms with Gasteiger partial charge < -0.3 is 10.2 Å². The summed E-state index contributed by atoms with van der Waals surface area (Å²) in [5.74, 6) is 1.65. The molecule has 0 radical (unpaired) electrons. The number of anilines is 1. The maximum Gasteiger partial charge on any atom is 0.251 e. The van der Waals surface area contributed by atoms with Crippen molar-refractivity contribution in [1.82, 2.24) is 20.3 Å². The minimum atomic E-state index is -0.0918. The van der Waals surface area contributed by atoms with Crippen LogP contribution in [0, 0.1) is 0 Å². The maximum absolute atomic E-state index is 12.4. The van der Waals surface area contributed by atoms with Gasteiger partial charge in [-0.25, -0.2) is 9.97 Å². The van der Waals surface area contributed by atoms with Crippen molar-refractivity contribution in [1.29, 1.82) is 0 Å². The Morgan fingerprint density at radius 2 is 1.81 bits per heavy atom. The van der Waals surface area contributed by atoms with Gasteiger partial charge in [0.05, 0.1) is 0 Å². The Morgan fingerprint density at radius 3 is 2.45 bits per heavy atom. The normalized spacial score (nSPS) is 10.7. The highest BCUT2D eigenvalue weighted by Gasteiger charge is 2.10. The van der Waals surface area contributed by atoms with Gasteiger partial charge >= 0.3 is 0 Å². The van der Waals surface area contributed by atoms with Crippen molar-refractivity contribution in [2.45, 2.75) is 44.6 Å². The number of rotatable bonds is 10. The zero-order valence-corrected chi connectivity index (χ0v) is 19.2. The van der Waals surface area contributed by atoms with Crippen LogP contribution in [0.5, 0.6) is 0 Å². The van der Waals surface area contributed by atoms with Crippen molar-refractivity contribution in [2.24, 2.45) is 0 Å². The van der Waals surface area contributed by atoms with Gasteiger partial charge in [0.2, 0.25) is 0 Å². The number of pyridine rings is 1. The Labute approximate surface area is 188 Å². The van der Waals surface area contributed by atoms with E-state index < -0.39 is 0 Å². The fraction of sp³-hybridized carbons (Fsp3) is 0.333. The minimum Gasteiger partial charge on any atom is -0.357 e. The van der Waals surface area contributed by atoms with E-state index in [-0.39, 0.29) is 5.91 Å². The van der Waals surface area contributed by atoms with Crippen LogP contribution in [0.2, 0.25) is 0 Å². The van der Waals surface area contributed by atoms with E-state index in [9.17, 15) is 4.79 Å². The molecular weight excluding hydrogens is 406 g/mol. The molecule has 1 aromatic carbocycles. The summed E-state index contributed by atoms with van der Waals surface area (Å²) >= 11 is 1.62. The van der Waals surface area contributed by atoms with Gasteiger partial charge in [-0.1, -0.05) is 36.9 Å². The second-order valence-corrected chi connectivity index (χ2v) is 8.00. The Balaban J connectivity index is 1.60. The van der Waals surface area contributed by atoms with Gasteiger partial charge in [-0.3, -0.25) is 9.78 Å². The fourth-order valence-electron chi connectivity index (χ4n) is 3.10. The number of benzene rings is 1. The Morgan fingerprint density at radius 1 is 1.03 bits per heavy atom. The maximum atomic E-state index is 12.4. The molecule has 0 bridgehead atoms. The highest BCUT2D eigenvalue weighted by atomic mass is 32.2. The van der Waals surface area contributed by atoms with Crippen molar-refractivity contribution in [3.8, 4) is 0 Å². The summed E-state index contributed by atoms with van der Waals surface area (Å²) in [5, 5.41) is 3.72. The molecular formula is C24H29N5OS. The first-order chi connectivity index (χ1) is 15.1. The second kappa shape index (κ2) is 11.5. The summed E-state index contributed by atoms with van der Waals surface area (Å²) in [6.07, 6.45) is 4.35. The number of aryl methyl sites for hydroxylation is 1. The smallest absolute Gasteiger partial charge is 0.251 e. The number of carbonyl (C=O) groups excluding carboxylic acids is 1. The first kappa shape index (κ1) is 22.7. The molecule has 31 heavy (non-hydrogen) atoms. The molecule has 3 rings (SSSR count). The molecule has 2 aromatic heterocycles. The van der Waals surface area contributed by atoms with Crippen LogP contribution in [-0.2, 0) is 18.7 Å². The Kier molecular flexibility index (Phi) is 8.41. The van der Waals surface area contributed by atoms with E-state index in [2.05, 4.69) is 47.0 Å². The van der Waals surface area contributed by atoms with Crippen LogP contribution in [-0.4, -0.2) is 33.9 Å². The number of aromatic nitrogens is 3. The third-order valence-corrected chi connectivity index (χ3v) is 5.87. The number of amides is 1. The summed E-state index contributed by atoms with van der Waals surface area (Å²) in [5.41, 5.74) is 3.80. The van der Waals surface area contributed by atoms with Crippen LogP contribution in [0.25, 0.3) is 0 Å². The SMILES string of the molecule is CCc1cc(N(CC)CC)nc(SCc2ccc(C(=O)NCc3cccnc3)cc2)n1. The highest BCUT2D eigenvalue weighted by molar-refractivity contribution is 7.98. The molecule has 0 saturated heterocycles. The Bertz CT molecular complexity index is 975. The van der Waals surface area contributed by atoms with Gasteiger partial charge in [0.15, 0.2) is 5.16 Å². The molecule has 0 atom stereocenters. The van der Waals surface area contributed by atoms with E-state index in [1.165, 1.54) is 0 Å². The van der Waals surface area contributed by atoms with Crippen LogP contribution in [0.3, 0.4) is 0 Å². The lowest BCUT2D eigenvalue weighted by atomic mass is 10.1. The number of thioether (sulfide) groups is 1. The predicted octanol–water partition coefficient (Wildman–Crippen LogP) is 4.50. The molecule has 6 nitrogen and oxygen atoms in total. The van der Waals surface area contributed by atoms with Gasteiger partial charge in [-0.05, 0) is 49.6 Å². The lowest BCUT2D eigenvalue weighted by Crippen LogP contribution is -2.23. The molecule has 3 aromatic rings. The number of carbonyl (C=O) groups is 1. The zero-order valence-electron chi connectivity index (χ0n) is 18.3. The molecule has 1 N–H and O–H groups in total. The van der Waals surface area contributed by atoms with E-state index >= 15 is 0 Å². The Hall–Kier alpha value is -2.93. The standard InChI is InChI=1S/C24H29N5OS/c1-4-21-14-22(29(5-2)6-3)28-24(27-21)31-17-18-9-11-20(12-10-18)23(30)26-16-19-8-7-13-25-15-19/h7-15H,4-6,16-17H2,1-3H3,(H,26,30). The molecule has 0 fully saturated rings. The molecule has 0 unspecified atom stereocenters. The largest absolute Gasteiger partial charge is 0.357 e. The molecule has 0 spiro atoms. The van der Waals surface area contributed by atoms with Crippen LogP contribution in [0.1, 0.15) is 48.0 Å². The molecule has 0 aliphatic carbocycles. The molecule has 0 aliphatic rings. The van der Waals surface area contributed by atoms with Crippen LogP contribution in [0.4, 0.5) is 5.82 Å². The molecule has 0 aliphatic heterocycles. The molecule has 7 heteroatoms. The summed E-state index contributed by atoms with van der Waals surface area (Å²) in [7, 11) is 0. The van der Waals surface area contributed by atoms with Crippen molar-refractivity contribution in [2.75, 3.05) is 18.0 Å². The average Bonchev–Trinajstić information content (AvgIpc) is 2.83. The predicted molar refractivity (Wildman–Crippen MR) is 126 cm³/mol. The van der Waals surface area contributed by atoms with Gasteiger partial charge in [-0.15, -0.1) is 0 Å². The van der Waals surface area contributed by atoms with Gasteiger partial charge in [0.25, 0.3) is 5.91 Å². The van der Waals surface area contributed by atoms with E-state index in [1.807, 2.05) is 36.4 Å². The number of nitrogens with one attached hydrogen (secondary N) is 1. The van der Waals surface area contributed by atoms with E-state index in [0.717, 1.165) is 53.1 Å². The quantitative estimate of drug-likeness (QED) is 0.373. The van der Waals surface area contributed by atoms with Gasteiger partial charge in [-0.2, -0.15) is 0 Å². The molecule has 0 saturated carbocycles. The van der Waals surface area contributed by atoms with Gasteiger partial charge in [0.1, 0.15) is 5.82 Å². The van der Waals surface area contributed by atoms with Gasteiger partial charge in [0, 0.05) is 55.1 Å². The highest BCUT2D eigenvalue weighted by Crippen LogP contribution is 2.23. The van der Waals surface area contributed by atoms with E-state index in [1.54, 1.807) is 24.2 Å². The summed E-state index contributed by atoms with van der Waals surface area (Å²) in [4.78, 5) is 28.1. The number of nitrogens with zero attached hydrogens (tertiary/aromatic N) is 4. The average molecular weight is 436 g/mol. The topological polar surface area (TPSA) is 71.0 Å². The summed E-state index contributed by atoms with van der Waals surface area (Å²) < 4.78 is 0. The summed E-state index contributed by atoms with van der Waals surface area (Å²) in [6.45, 7) is 8.69. The summed E-state index contributed by atoms with van der Waals surface area (Å²) in [6, 6.07) is 13.6. The second-order valence-electron chi connectivity index (χ2n) is 7.06. The minimum absolute atomic E-state index is 0.0918.